The minimum atomic E-state index is -1.16. The molecule has 0 aliphatic carbocycles. The zero-order valence-corrected chi connectivity index (χ0v) is 27.8. The number of aliphatic hydroxyl groups is 1. The summed E-state index contributed by atoms with van der Waals surface area (Å²) >= 11 is 6.70. The van der Waals surface area contributed by atoms with Gasteiger partial charge in [0.1, 0.15) is 11.6 Å². The predicted octanol–water partition coefficient (Wildman–Crippen LogP) is 5.70. The molecule has 2 aromatic carbocycles. The summed E-state index contributed by atoms with van der Waals surface area (Å²) in [6, 6.07) is 14.3. The molecule has 3 aliphatic rings. The van der Waals surface area contributed by atoms with Crippen LogP contribution in [0, 0.1) is 18.8 Å². The number of halogens is 1. The smallest absolute Gasteiger partial charge is 0.253 e. The second-order valence-corrected chi connectivity index (χ2v) is 13.2. The third-order valence-electron chi connectivity index (χ3n) is 10.2. The number of fused-ring (bicyclic) bond motifs is 1. The lowest BCUT2D eigenvalue weighted by atomic mass is 9.64. The summed E-state index contributed by atoms with van der Waals surface area (Å²) in [6.45, 7) is 13.0. The third-order valence-corrected chi connectivity index (χ3v) is 10.5. The number of aryl methyl sites for hydroxylation is 1. The van der Waals surface area contributed by atoms with Gasteiger partial charge in [0.05, 0.1) is 28.1 Å². The van der Waals surface area contributed by atoms with E-state index >= 15 is 0 Å². The van der Waals surface area contributed by atoms with Crippen molar-refractivity contribution in [2.75, 3.05) is 31.1 Å². The average molecular weight is 648 g/mol. The number of aliphatic hydroxyl groups excluding tert-OH is 1. The van der Waals surface area contributed by atoms with Crippen molar-refractivity contribution < 1.29 is 24.2 Å². The number of benzene rings is 2. The van der Waals surface area contributed by atoms with Gasteiger partial charge in [-0.15, -0.1) is 13.2 Å². The molecule has 1 N–H and O–H groups in total. The number of para-hydroxylation sites is 1. The van der Waals surface area contributed by atoms with Crippen LogP contribution in [0.2, 0.25) is 5.02 Å². The molecule has 246 valence electrons. The summed E-state index contributed by atoms with van der Waals surface area (Å²) in [4.78, 5) is 49.4. The molecule has 3 fully saturated rings. The molecule has 3 aliphatic heterocycles. The highest BCUT2D eigenvalue weighted by atomic mass is 35.5. The van der Waals surface area contributed by atoms with Crippen LogP contribution in [0.25, 0.3) is 0 Å². The number of carbonyl (C=O) groups excluding carboxylic acids is 3. The van der Waals surface area contributed by atoms with Crippen molar-refractivity contribution in [3.8, 4) is 0 Å². The van der Waals surface area contributed by atoms with Gasteiger partial charge in [-0.2, -0.15) is 0 Å². The van der Waals surface area contributed by atoms with Crippen LogP contribution in [0.3, 0.4) is 0 Å². The molecule has 8 nitrogen and oxygen atoms in total. The fourth-order valence-corrected chi connectivity index (χ4v) is 8.43. The molecule has 3 saturated heterocycles. The van der Waals surface area contributed by atoms with Gasteiger partial charge in [0, 0.05) is 32.8 Å². The number of amides is 3. The number of anilines is 1. The summed E-state index contributed by atoms with van der Waals surface area (Å²) in [5.74, 6) is -2.20. The van der Waals surface area contributed by atoms with Gasteiger partial charge in [0.15, 0.2) is 0 Å². The molecule has 5 rings (SSSR count). The monoisotopic (exact) mass is 647 g/mol. The lowest BCUT2D eigenvalue weighted by Gasteiger charge is -2.37. The van der Waals surface area contributed by atoms with Gasteiger partial charge >= 0.3 is 0 Å². The molecule has 0 radical (unpaired) electrons. The van der Waals surface area contributed by atoms with E-state index < -0.39 is 29.1 Å². The molecule has 2 bridgehead atoms. The molecule has 5 atom stereocenters. The number of ether oxygens (including phenoxy) is 1. The number of likely N-dealkylation sites (tertiary alicyclic amines) is 1. The van der Waals surface area contributed by atoms with E-state index in [2.05, 4.69) is 13.2 Å². The Morgan fingerprint density at radius 3 is 2.43 bits per heavy atom. The maximum Gasteiger partial charge on any atom is 0.253 e. The average Bonchev–Trinajstić information content (AvgIpc) is 3.65. The number of unbranched alkanes of at least 4 members (excludes halogenated alkanes) is 2. The number of hydrogen-bond donors (Lipinski definition) is 1. The molecule has 46 heavy (non-hydrogen) atoms. The van der Waals surface area contributed by atoms with E-state index in [1.54, 1.807) is 32.9 Å². The fraction of sp³-hybridized carbons (Fsp3) is 0.486. The zero-order valence-electron chi connectivity index (χ0n) is 27.0. The van der Waals surface area contributed by atoms with Gasteiger partial charge in [-0.1, -0.05) is 73.1 Å². The van der Waals surface area contributed by atoms with E-state index in [0.717, 1.165) is 11.1 Å². The molecule has 1 spiro atoms. The van der Waals surface area contributed by atoms with E-state index in [-0.39, 0.29) is 30.9 Å². The van der Waals surface area contributed by atoms with Gasteiger partial charge in [-0.25, -0.2) is 0 Å². The van der Waals surface area contributed by atoms with Gasteiger partial charge in [-0.3, -0.25) is 14.4 Å². The van der Waals surface area contributed by atoms with Gasteiger partial charge in [-0.05, 0) is 62.6 Å². The van der Waals surface area contributed by atoms with E-state index in [1.807, 2.05) is 56.3 Å². The van der Waals surface area contributed by atoms with Gasteiger partial charge < -0.3 is 24.5 Å². The van der Waals surface area contributed by atoms with Crippen LogP contribution in [0.1, 0.15) is 56.6 Å². The Labute approximate surface area is 277 Å². The molecular weight excluding hydrogens is 602 g/mol. The Morgan fingerprint density at radius 1 is 1.04 bits per heavy atom. The van der Waals surface area contributed by atoms with Crippen molar-refractivity contribution in [3.05, 3.63) is 90.0 Å². The van der Waals surface area contributed by atoms with Crippen LogP contribution in [0.5, 0.6) is 0 Å². The van der Waals surface area contributed by atoms with Crippen molar-refractivity contribution in [2.45, 2.75) is 76.2 Å². The normalized spacial score (nSPS) is 26.2. The first-order valence-corrected chi connectivity index (χ1v) is 16.8. The van der Waals surface area contributed by atoms with Crippen molar-refractivity contribution in [3.63, 3.8) is 0 Å². The maximum atomic E-state index is 15.0. The molecule has 3 amide bonds. The van der Waals surface area contributed by atoms with Crippen LogP contribution in [0.15, 0.2) is 73.8 Å². The van der Waals surface area contributed by atoms with Crippen LogP contribution in [-0.2, 0) is 25.7 Å². The highest BCUT2D eigenvalue weighted by Crippen LogP contribution is 2.65. The Morgan fingerprint density at radius 2 is 1.78 bits per heavy atom. The topological polar surface area (TPSA) is 90.4 Å². The van der Waals surface area contributed by atoms with Crippen LogP contribution in [-0.4, -0.2) is 76.1 Å². The van der Waals surface area contributed by atoms with Gasteiger partial charge in [0.25, 0.3) is 5.91 Å². The largest absolute Gasteiger partial charge is 0.396 e. The second-order valence-electron chi connectivity index (χ2n) is 12.8. The number of nitrogens with zero attached hydrogens (tertiary/aromatic N) is 3. The van der Waals surface area contributed by atoms with Gasteiger partial charge in [0.2, 0.25) is 11.8 Å². The zero-order chi connectivity index (χ0) is 33.1. The predicted molar refractivity (Wildman–Crippen MR) is 180 cm³/mol. The molecular formula is C37H46ClN3O5. The Bertz CT molecular complexity index is 1450. The summed E-state index contributed by atoms with van der Waals surface area (Å²) in [7, 11) is 0. The van der Waals surface area contributed by atoms with E-state index in [0.29, 0.717) is 68.9 Å². The van der Waals surface area contributed by atoms with E-state index in [1.165, 1.54) is 0 Å². The molecule has 9 heteroatoms. The second kappa shape index (κ2) is 14.1. The Balaban J connectivity index is 1.59. The quantitative estimate of drug-likeness (QED) is 0.198. The third kappa shape index (κ3) is 5.80. The fourth-order valence-electron chi connectivity index (χ4n) is 8.11. The summed E-state index contributed by atoms with van der Waals surface area (Å²) in [5.41, 5.74) is 0.355. The number of rotatable bonds is 15. The number of hydrogen-bond acceptors (Lipinski definition) is 5. The number of carbonyl (C=O) groups is 3. The Kier molecular flexibility index (Phi) is 10.4. The first kappa shape index (κ1) is 33.9. The summed E-state index contributed by atoms with van der Waals surface area (Å²) in [6.07, 6.45) is 6.88. The van der Waals surface area contributed by atoms with Crippen molar-refractivity contribution in [1.29, 1.82) is 0 Å². The summed E-state index contributed by atoms with van der Waals surface area (Å²) < 4.78 is 7.04. The first-order chi connectivity index (χ1) is 22.2. The lowest BCUT2D eigenvalue weighted by molar-refractivity contribution is -0.151. The molecule has 0 aromatic heterocycles. The minimum absolute atomic E-state index is 0.0566. The van der Waals surface area contributed by atoms with Crippen molar-refractivity contribution in [1.82, 2.24) is 9.80 Å². The molecule has 2 unspecified atom stereocenters. The van der Waals surface area contributed by atoms with Crippen molar-refractivity contribution in [2.24, 2.45) is 11.8 Å². The highest BCUT2D eigenvalue weighted by Gasteiger charge is 2.79. The summed E-state index contributed by atoms with van der Waals surface area (Å²) in [5, 5.41) is 9.83. The molecule has 3 heterocycles. The molecule has 2 aromatic rings. The first-order valence-electron chi connectivity index (χ1n) is 16.4. The Hall–Kier alpha value is -3.46. The van der Waals surface area contributed by atoms with E-state index in [9.17, 15) is 19.5 Å². The lowest BCUT2D eigenvalue weighted by Crippen LogP contribution is -2.56. The minimum Gasteiger partial charge on any atom is -0.396 e. The van der Waals surface area contributed by atoms with Crippen LogP contribution in [0.4, 0.5) is 5.69 Å². The molecule has 0 saturated carbocycles. The van der Waals surface area contributed by atoms with E-state index in [4.69, 9.17) is 16.3 Å². The SMILES string of the molecule is C=CCN(Cc1ccccc1)C(=O)[C@@H]1[C@H]2C(=O)N(CCCCCO)C(C(=O)N(CC=C)c3c(C)cccc3Cl)C23CC[C@@]1(CC)O3. The van der Waals surface area contributed by atoms with Crippen LogP contribution >= 0.6 is 11.6 Å². The maximum absolute atomic E-state index is 15.0. The van der Waals surface area contributed by atoms with Crippen molar-refractivity contribution >= 4 is 35.0 Å². The van der Waals surface area contributed by atoms with Crippen LogP contribution < -0.4 is 4.90 Å². The standard InChI is InChI=1S/C37H46ClN3O5/c1-5-21-39(25-27-16-10-8-11-17-27)33(43)29-30-34(44)41(23-12-9-13-24-42)32(37(30)20-19-36(29,7-3)46-37)35(45)40(22-6-2)31-26(4)15-14-18-28(31)38/h5-6,8,10-11,14-18,29-30,32,42H,1-2,7,9,12-13,19-25H2,3-4H3/t29-,30-,32?,36+,37?/m0/s1. The highest BCUT2D eigenvalue weighted by molar-refractivity contribution is 6.34.